The van der Waals surface area contributed by atoms with Gasteiger partial charge in [-0.2, -0.15) is 5.26 Å². The molecule has 1 fully saturated rings. The number of hydrogen-bond donors (Lipinski definition) is 1. The van der Waals surface area contributed by atoms with E-state index in [0.29, 0.717) is 57.0 Å². The number of aromatic nitrogens is 2. The molecule has 2 aromatic heterocycles. The minimum Gasteiger partial charge on any atom is -0.466 e. The van der Waals surface area contributed by atoms with Gasteiger partial charge in [0.2, 0.25) is 0 Å². The Morgan fingerprint density at radius 3 is 2.76 bits per heavy atom. The number of fused-ring (bicyclic) bond motifs is 1. The molecule has 1 atom stereocenters. The summed E-state index contributed by atoms with van der Waals surface area (Å²) in [5, 5.41) is 12.6. The summed E-state index contributed by atoms with van der Waals surface area (Å²) in [5.41, 5.74) is 1.90. The Morgan fingerprint density at radius 2 is 2.03 bits per heavy atom. The van der Waals surface area contributed by atoms with Crippen LogP contribution >= 0.6 is 0 Å². The molecule has 3 aromatic rings. The van der Waals surface area contributed by atoms with E-state index >= 15 is 0 Å². The molecule has 0 aliphatic carbocycles. The number of amides is 1. The zero-order chi connectivity index (χ0) is 27.1. The van der Waals surface area contributed by atoms with Crippen LogP contribution in [-0.4, -0.2) is 47.5 Å². The molecule has 0 radical (unpaired) electrons. The topological polar surface area (TPSA) is 117 Å². The van der Waals surface area contributed by atoms with E-state index < -0.39 is 11.5 Å². The molecule has 3 heterocycles. The highest BCUT2D eigenvalue weighted by Crippen LogP contribution is 2.26. The maximum atomic E-state index is 13.7. The van der Waals surface area contributed by atoms with Crippen molar-refractivity contribution < 1.29 is 14.3 Å². The molecular weight excluding hydrogens is 482 g/mol. The highest BCUT2D eigenvalue weighted by atomic mass is 16.5. The van der Waals surface area contributed by atoms with Crippen molar-refractivity contribution in [2.45, 2.75) is 33.1 Å². The number of benzene rings is 1. The molecule has 1 N–H and O–H groups in total. The zero-order valence-corrected chi connectivity index (χ0v) is 21.6. The summed E-state index contributed by atoms with van der Waals surface area (Å²) in [6, 6.07) is 15.2. The van der Waals surface area contributed by atoms with Gasteiger partial charge in [0, 0.05) is 25.8 Å². The lowest BCUT2D eigenvalue weighted by Crippen LogP contribution is -2.41. The van der Waals surface area contributed by atoms with Crippen molar-refractivity contribution in [1.82, 2.24) is 14.7 Å². The summed E-state index contributed by atoms with van der Waals surface area (Å²) in [7, 11) is 0. The maximum absolute atomic E-state index is 13.7. The second-order valence-electron chi connectivity index (χ2n) is 9.24. The summed E-state index contributed by atoms with van der Waals surface area (Å²) in [4.78, 5) is 45.7. The van der Waals surface area contributed by atoms with E-state index in [9.17, 15) is 19.6 Å². The van der Waals surface area contributed by atoms with Crippen LogP contribution in [0.3, 0.4) is 0 Å². The van der Waals surface area contributed by atoms with Crippen LogP contribution in [0, 0.1) is 24.2 Å². The Bertz CT molecular complexity index is 1460. The van der Waals surface area contributed by atoms with Crippen LogP contribution < -0.4 is 15.8 Å². The molecule has 1 aromatic carbocycles. The average molecular weight is 514 g/mol. The van der Waals surface area contributed by atoms with Crippen molar-refractivity contribution in [1.29, 1.82) is 5.26 Å². The van der Waals surface area contributed by atoms with Crippen LogP contribution in [0.5, 0.6) is 0 Å². The normalized spacial score (nSPS) is 15.7. The predicted molar refractivity (Wildman–Crippen MR) is 145 cm³/mol. The van der Waals surface area contributed by atoms with Crippen molar-refractivity contribution in [2.24, 2.45) is 5.92 Å². The van der Waals surface area contributed by atoms with Gasteiger partial charge < -0.3 is 15.0 Å². The first-order valence-corrected chi connectivity index (χ1v) is 12.8. The third-order valence-electron chi connectivity index (χ3n) is 6.60. The van der Waals surface area contributed by atoms with E-state index in [4.69, 9.17) is 9.72 Å². The Hall–Kier alpha value is -4.45. The molecular formula is C29H31N5O4. The van der Waals surface area contributed by atoms with Gasteiger partial charge in [-0.05, 0) is 56.4 Å². The molecule has 0 spiro atoms. The highest BCUT2D eigenvalue weighted by molar-refractivity contribution is 6.02. The van der Waals surface area contributed by atoms with Gasteiger partial charge in [-0.3, -0.25) is 18.8 Å². The van der Waals surface area contributed by atoms with Crippen LogP contribution in [0.15, 0.2) is 59.0 Å². The summed E-state index contributed by atoms with van der Waals surface area (Å²) in [6.45, 7) is 5.18. The van der Waals surface area contributed by atoms with Crippen LogP contribution in [0.1, 0.15) is 36.5 Å². The number of aryl methyl sites for hydroxylation is 1. The SMILES string of the molecule is CCOC(=O)C1CCCN(c2nc3c(C)cccn3c(=O)c2C=C(C#N)C(=O)NCCc2ccccc2)C1. The van der Waals surface area contributed by atoms with Crippen molar-refractivity contribution in [3.8, 4) is 6.07 Å². The van der Waals surface area contributed by atoms with E-state index in [-0.39, 0.29) is 23.0 Å². The lowest BCUT2D eigenvalue weighted by atomic mass is 9.97. The van der Waals surface area contributed by atoms with Gasteiger partial charge >= 0.3 is 5.97 Å². The summed E-state index contributed by atoms with van der Waals surface area (Å²) in [6.07, 6.45) is 4.93. The number of ether oxygens (including phenoxy) is 1. The first-order valence-electron chi connectivity index (χ1n) is 12.8. The fourth-order valence-corrected chi connectivity index (χ4v) is 4.64. The molecule has 0 bridgehead atoms. The van der Waals surface area contributed by atoms with Gasteiger partial charge in [0.05, 0.1) is 18.1 Å². The molecule has 1 aliphatic rings. The number of carbonyl (C=O) groups is 2. The quantitative estimate of drug-likeness (QED) is 0.280. The molecule has 1 unspecified atom stereocenters. The first-order chi connectivity index (χ1) is 18.4. The molecule has 1 aliphatic heterocycles. The maximum Gasteiger partial charge on any atom is 0.310 e. The summed E-state index contributed by atoms with van der Waals surface area (Å²) < 4.78 is 6.65. The predicted octanol–water partition coefficient (Wildman–Crippen LogP) is 3.05. The number of piperidine rings is 1. The number of nitrogens with one attached hydrogen (secondary N) is 1. The molecule has 4 rings (SSSR count). The average Bonchev–Trinajstić information content (AvgIpc) is 2.93. The van der Waals surface area contributed by atoms with Crippen molar-refractivity contribution in [3.63, 3.8) is 0 Å². The van der Waals surface area contributed by atoms with Gasteiger partial charge in [0.25, 0.3) is 11.5 Å². The smallest absolute Gasteiger partial charge is 0.310 e. The number of esters is 1. The highest BCUT2D eigenvalue weighted by Gasteiger charge is 2.30. The monoisotopic (exact) mass is 513 g/mol. The minimum atomic E-state index is -0.564. The van der Waals surface area contributed by atoms with Gasteiger partial charge in [-0.15, -0.1) is 0 Å². The number of pyridine rings is 1. The Labute approximate surface area is 221 Å². The van der Waals surface area contributed by atoms with Crippen LogP contribution in [-0.2, 0) is 20.7 Å². The molecule has 0 saturated carbocycles. The van der Waals surface area contributed by atoms with Crippen LogP contribution in [0.2, 0.25) is 0 Å². The molecule has 9 nitrogen and oxygen atoms in total. The van der Waals surface area contributed by atoms with Gasteiger partial charge in [-0.25, -0.2) is 4.98 Å². The minimum absolute atomic E-state index is 0.132. The number of nitrogens with zero attached hydrogens (tertiary/aromatic N) is 4. The lowest BCUT2D eigenvalue weighted by molar-refractivity contribution is -0.148. The number of anilines is 1. The second kappa shape index (κ2) is 12.2. The number of hydrogen-bond acceptors (Lipinski definition) is 7. The standard InChI is InChI=1S/C29H31N5O4/c1-3-38-29(37)22-12-8-15-33(19-22)26-24(28(36)34-16-7-9-20(2)25(34)32-26)17-23(18-30)27(35)31-14-13-21-10-5-4-6-11-21/h4-7,9-11,16-17,22H,3,8,12-15,19H2,1-2H3,(H,31,35). The van der Waals surface area contributed by atoms with Crippen molar-refractivity contribution >= 4 is 29.4 Å². The Balaban J connectivity index is 1.69. The van der Waals surface area contributed by atoms with Crippen LogP contribution in [0.25, 0.3) is 11.7 Å². The Morgan fingerprint density at radius 1 is 1.24 bits per heavy atom. The molecule has 196 valence electrons. The molecule has 9 heteroatoms. The van der Waals surface area contributed by atoms with Crippen molar-refractivity contribution in [2.75, 3.05) is 31.1 Å². The number of rotatable bonds is 8. The molecule has 38 heavy (non-hydrogen) atoms. The Kier molecular flexibility index (Phi) is 8.54. The molecule has 1 saturated heterocycles. The van der Waals surface area contributed by atoms with Gasteiger partial charge in [-0.1, -0.05) is 36.4 Å². The third-order valence-corrected chi connectivity index (χ3v) is 6.60. The first kappa shape index (κ1) is 26.6. The van der Waals surface area contributed by atoms with E-state index in [1.807, 2.05) is 54.3 Å². The second-order valence-corrected chi connectivity index (χ2v) is 9.24. The van der Waals surface area contributed by atoms with Gasteiger partial charge in [0.1, 0.15) is 23.1 Å². The van der Waals surface area contributed by atoms with E-state index in [1.54, 1.807) is 19.2 Å². The van der Waals surface area contributed by atoms with Gasteiger partial charge in [0.15, 0.2) is 0 Å². The van der Waals surface area contributed by atoms with Crippen LogP contribution in [0.4, 0.5) is 5.82 Å². The molecule has 1 amide bonds. The largest absolute Gasteiger partial charge is 0.466 e. The summed E-state index contributed by atoms with van der Waals surface area (Å²) >= 11 is 0. The van der Waals surface area contributed by atoms with E-state index in [2.05, 4.69) is 5.32 Å². The zero-order valence-electron chi connectivity index (χ0n) is 21.6. The van der Waals surface area contributed by atoms with E-state index in [0.717, 1.165) is 11.1 Å². The number of nitriles is 1. The fraction of sp³-hybridized carbons (Fsp3) is 0.345. The van der Waals surface area contributed by atoms with E-state index in [1.165, 1.54) is 10.5 Å². The third kappa shape index (κ3) is 5.92. The lowest BCUT2D eigenvalue weighted by Gasteiger charge is -2.33. The summed E-state index contributed by atoms with van der Waals surface area (Å²) in [5.74, 6) is -0.845. The fourth-order valence-electron chi connectivity index (χ4n) is 4.64. The van der Waals surface area contributed by atoms with Crippen molar-refractivity contribution in [3.05, 3.63) is 81.3 Å². The number of carbonyl (C=O) groups excluding carboxylic acids is 2.